The number of carbonyl (C=O) groups is 1. The molecule has 0 aliphatic heterocycles. The normalized spacial score (nSPS) is 20.3. The number of halogens is 1. The molecular weight excluding hydrogens is 160 g/mol. The van der Waals surface area contributed by atoms with Crippen LogP contribution in [0.25, 0.3) is 0 Å². The minimum absolute atomic E-state index is 0.0344. The standard InChI is InChI=1S/C9H7ClO/c10-9(11)8-5-6-3-1-2-4-7(6)8/h1-4,8H,5H2/t8-/m1/s1. The first-order valence-corrected chi connectivity index (χ1v) is 3.94. The van der Waals surface area contributed by atoms with Crippen LogP contribution in [0.4, 0.5) is 0 Å². The molecule has 1 aromatic carbocycles. The summed E-state index contributed by atoms with van der Waals surface area (Å²) in [6, 6.07) is 7.91. The lowest BCUT2D eigenvalue weighted by Crippen LogP contribution is -2.21. The first-order chi connectivity index (χ1) is 5.29. The highest BCUT2D eigenvalue weighted by atomic mass is 35.5. The van der Waals surface area contributed by atoms with Gasteiger partial charge in [0.2, 0.25) is 5.24 Å². The Morgan fingerprint density at radius 3 is 2.82 bits per heavy atom. The van der Waals surface area contributed by atoms with Crippen LogP contribution >= 0.6 is 11.6 Å². The van der Waals surface area contributed by atoms with Crippen molar-refractivity contribution in [2.45, 2.75) is 12.3 Å². The molecule has 2 heteroatoms. The molecule has 0 heterocycles. The fraction of sp³-hybridized carbons (Fsp3) is 0.222. The van der Waals surface area contributed by atoms with E-state index in [0.717, 1.165) is 12.0 Å². The van der Waals surface area contributed by atoms with Crippen molar-refractivity contribution in [2.24, 2.45) is 0 Å². The highest BCUT2D eigenvalue weighted by Crippen LogP contribution is 2.35. The predicted octanol–water partition coefficient (Wildman–Crippen LogP) is 2.09. The van der Waals surface area contributed by atoms with E-state index >= 15 is 0 Å². The first kappa shape index (κ1) is 6.86. The Morgan fingerprint density at radius 1 is 1.45 bits per heavy atom. The molecule has 1 atom stereocenters. The molecule has 0 saturated heterocycles. The van der Waals surface area contributed by atoms with Gasteiger partial charge in [-0.2, -0.15) is 0 Å². The molecule has 2 rings (SSSR count). The second-order valence-electron chi connectivity index (χ2n) is 2.76. The van der Waals surface area contributed by atoms with Crippen molar-refractivity contribution in [2.75, 3.05) is 0 Å². The molecule has 0 amide bonds. The van der Waals surface area contributed by atoms with Gasteiger partial charge < -0.3 is 0 Å². The quantitative estimate of drug-likeness (QED) is 0.584. The van der Waals surface area contributed by atoms with Gasteiger partial charge in [0.25, 0.3) is 0 Å². The van der Waals surface area contributed by atoms with Gasteiger partial charge in [0, 0.05) is 0 Å². The van der Waals surface area contributed by atoms with Crippen LogP contribution in [0.15, 0.2) is 24.3 Å². The lowest BCUT2D eigenvalue weighted by molar-refractivity contribution is -0.113. The topological polar surface area (TPSA) is 17.1 Å². The van der Waals surface area contributed by atoms with Crippen LogP contribution in [0.1, 0.15) is 17.0 Å². The summed E-state index contributed by atoms with van der Waals surface area (Å²) in [7, 11) is 0. The van der Waals surface area contributed by atoms with E-state index in [4.69, 9.17) is 11.6 Å². The summed E-state index contributed by atoms with van der Waals surface area (Å²) in [6.07, 6.45) is 0.818. The molecule has 0 N–H and O–H groups in total. The largest absolute Gasteiger partial charge is 0.281 e. The lowest BCUT2D eigenvalue weighted by atomic mass is 9.78. The van der Waals surface area contributed by atoms with Crippen molar-refractivity contribution in [3.63, 3.8) is 0 Å². The average Bonchev–Trinajstić information content (AvgIpc) is 1.90. The summed E-state index contributed by atoms with van der Waals surface area (Å²) in [5.74, 6) is -0.0344. The average molecular weight is 167 g/mol. The Hall–Kier alpha value is -0.820. The first-order valence-electron chi connectivity index (χ1n) is 3.56. The Balaban J connectivity index is 2.36. The minimum Gasteiger partial charge on any atom is -0.281 e. The van der Waals surface area contributed by atoms with Crippen LogP contribution in [-0.4, -0.2) is 5.24 Å². The van der Waals surface area contributed by atoms with Gasteiger partial charge >= 0.3 is 0 Å². The van der Waals surface area contributed by atoms with Crippen molar-refractivity contribution in [3.8, 4) is 0 Å². The Kier molecular flexibility index (Phi) is 1.46. The van der Waals surface area contributed by atoms with Crippen LogP contribution in [0.3, 0.4) is 0 Å². The summed E-state index contributed by atoms with van der Waals surface area (Å²) in [6.45, 7) is 0. The Bertz CT molecular complexity index is 306. The van der Waals surface area contributed by atoms with Crippen LogP contribution in [0.2, 0.25) is 0 Å². The minimum atomic E-state index is -0.233. The molecule has 1 aliphatic rings. The van der Waals surface area contributed by atoms with Gasteiger partial charge in [-0.3, -0.25) is 4.79 Å². The molecule has 1 aromatic rings. The van der Waals surface area contributed by atoms with Gasteiger partial charge in [-0.05, 0) is 29.1 Å². The molecule has 0 spiro atoms. The smallest absolute Gasteiger partial charge is 0.229 e. The SMILES string of the molecule is O=C(Cl)[C@@H]1Cc2ccccc21. The van der Waals surface area contributed by atoms with E-state index in [9.17, 15) is 4.79 Å². The molecule has 0 saturated carbocycles. The molecule has 1 nitrogen and oxygen atoms in total. The molecule has 11 heavy (non-hydrogen) atoms. The van der Waals surface area contributed by atoms with Crippen LogP contribution in [-0.2, 0) is 11.2 Å². The number of rotatable bonds is 1. The second-order valence-corrected chi connectivity index (χ2v) is 3.13. The zero-order valence-corrected chi connectivity index (χ0v) is 6.64. The van der Waals surface area contributed by atoms with E-state index in [2.05, 4.69) is 0 Å². The Labute approximate surface area is 70.0 Å². The van der Waals surface area contributed by atoms with Crippen LogP contribution in [0.5, 0.6) is 0 Å². The van der Waals surface area contributed by atoms with Crippen molar-refractivity contribution in [1.82, 2.24) is 0 Å². The van der Waals surface area contributed by atoms with Crippen molar-refractivity contribution in [1.29, 1.82) is 0 Å². The van der Waals surface area contributed by atoms with E-state index in [-0.39, 0.29) is 11.2 Å². The maximum Gasteiger partial charge on any atom is 0.229 e. The van der Waals surface area contributed by atoms with E-state index in [0.29, 0.717) is 0 Å². The van der Waals surface area contributed by atoms with Gasteiger partial charge in [0.05, 0.1) is 5.92 Å². The number of benzene rings is 1. The fourth-order valence-corrected chi connectivity index (χ4v) is 1.66. The third-order valence-corrected chi connectivity index (χ3v) is 2.39. The zero-order chi connectivity index (χ0) is 7.84. The summed E-state index contributed by atoms with van der Waals surface area (Å²) in [5, 5.41) is -0.233. The molecular formula is C9H7ClO. The highest BCUT2D eigenvalue weighted by Gasteiger charge is 2.30. The van der Waals surface area contributed by atoms with E-state index in [1.54, 1.807) is 0 Å². The van der Waals surface area contributed by atoms with Crippen molar-refractivity contribution in [3.05, 3.63) is 35.4 Å². The second kappa shape index (κ2) is 2.35. The number of hydrogen-bond donors (Lipinski definition) is 0. The lowest BCUT2D eigenvalue weighted by Gasteiger charge is -2.26. The molecule has 0 fully saturated rings. The highest BCUT2D eigenvalue weighted by molar-refractivity contribution is 6.64. The third-order valence-electron chi connectivity index (χ3n) is 2.13. The maximum absolute atomic E-state index is 10.8. The zero-order valence-electron chi connectivity index (χ0n) is 5.88. The number of hydrogen-bond acceptors (Lipinski definition) is 1. The van der Waals surface area contributed by atoms with Crippen molar-refractivity contribution < 1.29 is 4.79 Å². The molecule has 0 bridgehead atoms. The molecule has 0 radical (unpaired) electrons. The van der Waals surface area contributed by atoms with E-state index < -0.39 is 0 Å². The predicted molar refractivity (Wildman–Crippen MR) is 43.7 cm³/mol. The monoisotopic (exact) mass is 166 g/mol. The summed E-state index contributed by atoms with van der Waals surface area (Å²) in [5.41, 5.74) is 2.36. The van der Waals surface area contributed by atoms with Gasteiger partial charge in [0.15, 0.2) is 0 Å². The third kappa shape index (κ3) is 0.962. The van der Waals surface area contributed by atoms with Gasteiger partial charge in [-0.15, -0.1) is 0 Å². The number of fused-ring (bicyclic) bond motifs is 1. The van der Waals surface area contributed by atoms with Gasteiger partial charge in [-0.25, -0.2) is 0 Å². The van der Waals surface area contributed by atoms with Gasteiger partial charge in [-0.1, -0.05) is 24.3 Å². The number of carbonyl (C=O) groups excluding carboxylic acids is 1. The summed E-state index contributed by atoms with van der Waals surface area (Å²) >= 11 is 5.37. The van der Waals surface area contributed by atoms with Crippen LogP contribution < -0.4 is 0 Å². The molecule has 56 valence electrons. The maximum atomic E-state index is 10.8. The molecule has 0 unspecified atom stereocenters. The summed E-state index contributed by atoms with van der Waals surface area (Å²) in [4.78, 5) is 10.8. The fourth-order valence-electron chi connectivity index (χ4n) is 1.46. The summed E-state index contributed by atoms with van der Waals surface area (Å²) < 4.78 is 0. The van der Waals surface area contributed by atoms with E-state index in [1.165, 1.54) is 5.56 Å². The molecule has 1 aliphatic carbocycles. The van der Waals surface area contributed by atoms with E-state index in [1.807, 2.05) is 24.3 Å². The van der Waals surface area contributed by atoms with Crippen LogP contribution in [0, 0.1) is 0 Å². The van der Waals surface area contributed by atoms with Crippen molar-refractivity contribution >= 4 is 16.8 Å². The Morgan fingerprint density at radius 2 is 2.18 bits per heavy atom. The van der Waals surface area contributed by atoms with Gasteiger partial charge in [0.1, 0.15) is 0 Å². The molecule has 0 aromatic heterocycles.